The Bertz CT molecular complexity index is 691. The van der Waals surface area contributed by atoms with Gasteiger partial charge in [-0.05, 0) is 31.7 Å². The number of likely N-dealkylation sites (tertiary alicyclic amines) is 1. The number of hydrogen-bond acceptors (Lipinski definition) is 6. The van der Waals surface area contributed by atoms with Crippen molar-refractivity contribution in [2.45, 2.75) is 50.9 Å². The fourth-order valence-corrected chi connectivity index (χ4v) is 4.08. The molecule has 190 valence electrons. The molecule has 1 unspecified atom stereocenters. The van der Waals surface area contributed by atoms with Crippen LogP contribution in [-0.4, -0.2) is 104 Å². The average Bonchev–Trinajstić information content (AvgIpc) is 2.70. The molecule has 3 heterocycles. The van der Waals surface area contributed by atoms with Gasteiger partial charge in [-0.25, -0.2) is 4.79 Å². The molecular weight excluding hydrogens is 447 g/mol. The first-order valence-electron chi connectivity index (χ1n) is 11.1. The third-order valence-electron chi connectivity index (χ3n) is 5.96. The van der Waals surface area contributed by atoms with Crippen molar-refractivity contribution in [3.8, 4) is 0 Å². The molecule has 3 saturated heterocycles. The molecule has 3 fully saturated rings. The van der Waals surface area contributed by atoms with E-state index in [1.54, 1.807) is 0 Å². The number of carboxylic acids is 1. The maximum atomic E-state index is 12.5. The van der Waals surface area contributed by atoms with Gasteiger partial charge in [-0.2, -0.15) is 13.2 Å². The number of rotatable bonds is 5. The van der Waals surface area contributed by atoms with Crippen LogP contribution in [0.5, 0.6) is 0 Å². The lowest BCUT2D eigenvalue weighted by atomic mass is 9.89. The SMILES string of the molecule is CC(C)CC(=O)N1CC2(C1)CN(C)C(C(=O)NCC1CCOCC1)CO2.O=C(O)C(F)(F)F. The Kier molecular flexibility index (Phi) is 9.50. The lowest BCUT2D eigenvalue weighted by Crippen LogP contribution is -2.73. The summed E-state index contributed by atoms with van der Waals surface area (Å²) in [5.41, 5.74) is -0.293. The molecule has 3 aliphatic rings. The molecule has 9 nitrogen and oxygen atoms in total. The summed E-state index contributed by atoms with van der Waals surface area (Å²) in [5, 5.41) is 10.2. The van der Waals surface area contributed by atoms with E-state index >= 15 is 0 Å². The van der Waals surface area contributed by atoms with E-state index in [0.29, 0.717) is 44.5 Å². The second-order valence-corrected chi connectivity index (χ2v) is 9.38. The van der Waals surface area contributed by atoms with Crippen molar-refractivity contribution in [1.82, 2.24) is 15.1 Å². The highest BCUT2D eigenvalue weighted by Crippen LogP contribution is 2.31. The number of amides is 2. The van der Waals surface area contributed by atoms with Crippen molar-refractivity contribution in [1.29, 1.82) is 0 Å². The number of halogens is 3. The summed E-state index contributed by atoms with van der Waals surface area (Å²) < 4.78 is 43.2. The normalized spacial score (nSPS) is 23.5. The van der Waals surface area contributed by atoms with E-state index in [0.717, 1.165) is 32.6 Å². The highest BCUT2D eigenvalue weighted by atomic mass is 19.4. The van der Waals surface area contributed by atoms with Crippen molar-refractivity contribution < 1.29 is 42.1 Å². The van der Waals surface area contributed by atoms with E-state index in [-0.39, 0.29) is 23.5 Å². The Balaban J connectivity index is 0.000000479. The van der Waals surface area contributed by atoms with Gasteiger partial charge in [0.2, 0.25) is 11.8 Å². The number of likely N-dealkylation sites (N-methyl/N-ethyl adjacent to an activating group) is 1. The lowest BCUT2D eigenvalue weighted by Gasteiger charge is -2.54. The molecule has 3 aliphatic heterocycles. The maximum absolute atomic E-state index is 12.5. The Hall–Kier alpha value is -1.92. The number of carboxylic acid groups (broad SMARTS) is 1. The number of aliphatic carboxylic acids is 1. The van der Waals surface area contributed by atoms with Crippen LogP contribution >= 0.6 is 0 Å². The lowest BCUT2D eigenvalue weighted by molar-refractivity contribution is -0.201. The molecule has 0 aliphatic carbocycles. The summed E-state index contributed by atoms with van der Waals surface area (Å²) >= 11 is 0. The molecule has 2 N–H and O–H groups in total. The monoisotopic (exact) mass is 481 g/mol. The van der Waals surface area contributed by atoms with Gasteiger partial charge < -0.3 is 24.8 Å². The van der Waals surface area contributed by atoms with Crippen molar-refractivity contribution in [2.75, 3.05) is 53.0 Å². The summed E-state index contributed by atoms with van der Waals surface area (Å²) in [6, 6.07) is -0.249. The smallest absolute Gasteiger partial charge is 0.475 e. The molecule has 1 atom stereocenters. The molecule has 0 aromatic heterocycles. The van der Waals surface area contributed by atoms with Gasteiger partial charge in [-0.15, -0.1) is 0 Å². The van der Waals surface area contributed by atoms with Gasteiger partial charge >= 0.3 is 12.1 Å². The third kappa shape index (κ3) is 8.11. The Labute approximate surface area is 191 Å². The van der Waals surface area contributed by atoms with Gasteiger partial charge in [0.15, 0.2) is 0 Å². The number of morpholine rings is 1. The summed E-state index contributed by atoms with van der Waals surface area (Å²) in [6.45, 7) is 8.77. The zero-order valence-electron chi connectivity index (χ0n) is 19.3. The molecule has 0 saturated carbocycles. The molecule has 0 bridgehead atoms. The fraction of sp³-hybridized carbons (Fsp3) is 0.857. The van der Waals surface area contributed by atoms with Crippen LogP contribution in [0.1, 0.15) is 33.1 Å². The van der Waals surface area contributed by atoms with Crippen molar-refractivity contribution >= 4 is 17.8 Å². The van der Waals surface area contributed by atoms with E-state index < -0.39 is 12.1 Å². The zero-order chi connectivity index (χ0) is 24.8. The number of carbonyl (C=O) groups is 3. The van der Waals surface area contributed by atoms with E-state index in [2.05, 4.69) is 24.1 Å². The van der Waals surface area contributed by atoms with Gasteiger partial charge in [0.1, 0.15) is 11.6 Å². The minimum Gasteiger partial charge on any atom is -0.475 e. The van der Waals surface area contributed by atoms with Crippen LogP contribution in [0, 0.1) is 11.8 Å². The van der Waals surface area contributed by atoms with E-state index in [9.17, 15) is 22.8 Å². The Morgan fingerprint density at radius 3 is 2.21 bits per heavy atom. The second-order valence-electron chi connectivity index (χ2n) is 9.38. The summed E-state index contributed by atoms with van der Waals surface area (Å²) in [7, 11) is 1.97. The van der Waals surface area contributed by atoms with Crippen LogP contribution in [-0.2, 0) is 23.9 Å². The minimum atomic E-state index is -5.08. The molecule has 0 radical (unpaired) electrons. The van der Waals surface area contributed by atoms with Gasteiger partial charge in [0.05, 0.1) is 19.7 Å². The van der Waals surface area contributed by atoms with Crippen LogP contribution in [0.2, 0.25) is 0 Å². The van der Waals surface area contributed by atoms with E-state index in [4.69, 9.17) is 19.4 Å². The fourth-order valence-electron chi connectivity index (χ4n) is 4.08. The van der Waals surface area contributed by atoms with Crippen LogP contribution in [0.15, 0.2) is 0 Å². The van der Waals surface area contributed by atoms with Gasteiger partial charge in [-0.1, -0.05) is 13.8 Å². The van der Waals surface area contributed by atoms with Crippen molar-refractivity contribution in [3.63, 3.8) is 0 Å². The molecular formula is C21H34F3N3O6. The number of ether oxygens (including phenoxy) is 2. The first-order valence-corrected chi connectivity index (χ1v) is 11.1. The summed E-state index contributed by atoms with van der Waals surface area (Å²) in [6.07, 6.45) is -2.47. The number of nitrogens with one attached hydrogen (secondary N) is 1. The zero-order valence-corrected chi connectivity index (χ0v) is 19.3. The molecule has 3 rings (SSSR count). The molecule has 0 aromatic rings. The summed E-state index contributed by atoms with van der Waals surface area (Å²) in [4.78, 5) is 37.5. The van der Waals surface area contributed by atoms with Crippen LogP contribution in [0.3, 0.4) is 0 Å². The highest BCUT2D eigenvalue weighted by Gasteiger charge is 2.51. The number of carbonyl (C=O) groups excluding carboxylic acids is 2. The molecule has 33 heavy (non-hydrogen) atoms. The standard InChI is InChI=1S/C19H33N3O4.C2HF3O2/c1-14(2)8-17(23)22-12-19(13-22)11-21(3)16(10-26-19)18(24)20-9-15-4-6-25-7-5-15;3-2(4,5)1(6)7/h14-16H,4-13H2,1-3H3,(H,20,24);(H,6,7). The van der Waals surface area contributed by atoms with Crippen LogP contribution in [0.25, 0.3) is 0 Å². The van der Waals surface area contributed by atoms with Gasteiger partial charge in [-0.3, -0.25) is 14.5 Å². The topological polar surface area (TPSA) is 108 Å². The maximum Gasteiger partial charge on any atom is 0.490 e. The first kappa shape index (κ1) is 27.3. The van der Waals surface area contributed by atoms with E-state index in [1.165, 1.54) is 0 Å². The number of hydrogen-bond donors (Lipinski definition) is 2. The quantitative estimate of drug-likeness (QED) is 0.606. The second kappa shape index (κ2) is 11.5. The van der Waals surface area contributed by atoms with Crippen LogP contribution in [0.4, 0.5) is 13.2 Å². The average molecular weight is 482 g/mol. The van der Waals surface area contributed by atoms with Crippen LogP contribution < -0.4 is 5.32 Å². The molecule has 12 heteroatoms. The Morgan fingerprint density at radius 2 is 1.73 bits per heavy atom. The minimum absolute atomic E-state index is 0.0425. The molecule has 0 aromatic carbocycles. The molecule has 1 spiro atoms. The predicted octanol–water partition coefficient (Wildman–Crippen LogP) is 1.12. The summed E-state index contributed by atoms with van der Waals surface area (Å²) in [5.74, 6) is -1.62. The van der Waals surface area contributed by atoms with E-state index in [1.807, 2.05) is 11.9 Å². The number of nitrogens with zero attached hydrogens (tertiary/aromatic N) is 2. The largest absolute Gasteiger partial charge is 0.490 e. The van der Waals surface area contributed by atoms with Crippen molar-refractivity contribution in [3.05, 3.63) is 0 Å². The highest BCUT2D eigenvalue weighted by molar-refractivity contribution is 5.82. The van der Waals surface area contributed by atoms with Crippen molar-refractivity contribution in [2.24, 2.45) is 11.8 Å². The third-order valence-corrected chi connectivity index (χ3v) is 5.96. The predicted molar refractivity (Wildman–Crippen MR) is 111 cm³/mol. The number of alkyl halides is 3. The molecule has 2 amide bonds. The van der Waals surface area contributed by atoms with Gasteiger partial charge in [0, 0.05) is 32.7 Å². The first-order chi connectivity index (χ1) is 15.3. The van der Waals surface area contributed by atoms with Gasteiger partial charge in [0.25, 0.3) is 0 Å². The Morgan fingerprint density at radius 1 is 1.15 bits per heavy atom.